The second-order valence-corrected chi connectivity index (χ2v) is 5.85. The largest absolute Gasteiger partial charge is 0.492 e. The van der Waals surface area contributed by atoms with Crippen molar-refractivity contribution in [2.24, 2.45) is 0 Å². The molecular formula is C20H20N2O4. The van der Waals surface area contributed by atoms with Crippen molar-refractivity contribution < 1.29 is 13.9 Å². The molecule has 2 heterocycles. The van der Waals surface area contributed by atoms with Crippen LogP contribution in [0.1, 0.15) is 21.9 Å². The van der Waals surface area contributed by atoms with Gasteiger partial charge in [0.25, 0.3) is 11.5 Å². The first-order chi connectivity index (χ1) is 12.6. The molecular weight excluding hydrogens is 332 g/mol. The third kappa shape index (κ3) is 4.63. The number of pyridine rings is 1. The Morgan fingerprint density at radius 3 is 2.85 bits per heavy atom. The topological polar surface area (TPSA) is 73.5 Å². The molecule has 1 N–H and O–H groups in total. The number of carbonyl (C=O) groups is 1. The molecule has 6 heteroatoms. The zero-order valence-electron chi connectivity index (χ0n) is 14.5. The molecule has 0 bridgehead atoms. The summed E-state index contributed by atoms with van der Waals surface area (Å²) in [5.41, 5.74) is 0.996. The van der Waals surface area contributed by atoms with E-state index in [4.69, 9.17) is 9.15 Å². The number of carbonyl (C=O) groups excluding carboxylic acids is 1. The first-order valence-corrected chi connectivity index (χ1v) is 8.34. The molecule has 0 spiro atoms. The van der Waals surface area contributed by atoms with E-state index in [0.29, 0.717) is 18.9 Å². The van der Waals surface area contributed by atoms with Crippen molar-refractivity contribution in [3.8, 4) is 5.75 Å². The summed E-state index contributed by atoms with van der Waals surface area (Å²) in [5, 5.41) is 2.75. The summed E-state index contributed by atoms with van der Waals surface area (Å²) < 4.78 is 12.6. The van der Waals surface area contributed by atoms with Crippen LogP contribution in [-0.2, 0) is 6.54 Å². The lowest BCUT2D eigenvalue weighted by molar-refractivity contribution is 0.0917. The number of aryl methyl sites for hydroxylation is 1. The zero-order valence-corrected chi connectivity index (χ0v) is 14.5. The van der Waals surface area contributed by atoms with Crippen LogP contribution in [0.5, 0.6) is 5.75 Å². The van der Waals surface area contributed by atoms with E-state index in [1.54, 1.807) is 30.5 Å². The van der Waals surface area contributed by atoms with Gasteiger partial charge in [-0.2, -0.15) is 0 Å². The fourth-order valence-corrected chi connectivity index (χ4v) is 2.47. The molecule has 3 aromatic rings. The number of ether oxygens (including phenoxy) is 1. The van der Waals surface area contributed by atoms with Crippen molar-refractivity contribution in [2.75, 3.05) is 13.2 Å². The minimum Gasteiger partial charge on any atom is -0.492 e. The number of hydrogen-bond acceptors (Lipinski definition) is 4. The van der Waals surface area contributed by atoms with Gasteiger partial charge in [0, 0.05) is 12.3 Å². The molecule has 134 valence electrons. The number of aromatic nitrogens is 1. The fourth-order valence-electron chi connectivity index (χ4n) is 2.47. The monoisotopic (exact) mass is 352 g/mol. The Hall–Kier alpha value is -3.28. The standard InChI is InChI=1S/C20H20N2O4/c1-15-5-4-6-16(13-15)25-12-10-21-20(24)18-9-8-17(26-18)14-22-11-3-2-7-19(22)23/h2-9,11,13H,10,12,14H2,1H3,(H,21,24). The van der Waals surface area contributed by atoms with Gasteiger partial charge in [-0.1, -0.05) is 18.2 Å². The van der Waals surface area contributed by atoms with Crippen molar-refractivity contribution in [2.45, 2.75) is 13.5 Å². The van der Waals surface area contributed by atoms with Crippen LogP contribution >= 0.6 is 0 Å². The van der Waals surface area contributed by atoms with Crippen molar-refractivity contribution in [1.82, 2.24) is 9.88 Å². The molecule has 0 atom stereocenters. The van der Waals surface area contributed by atoms with Crippen molar-refractivity contribution in [1.29, 1.82) is 0 Å². The van der Waals surface area contributed by atoms with E-state index in [1.165, 1.54) is 10.6 Å². The van der Waals surface area contributed by atoms with Crippen LogP contribution in [0.3, 0.4) is 0 Å². The van der Waals surface area contributed by atoms with Gasteiger partial charge in [-0.05, 0) is 42.8 Å². The van der Waals surface area contributed by atoms with Crippen LogP contribution in [0.25, 0.3) is 0 Å². The van der Waals surface area contributed by atoms with Gasteiger partial charge < -0.3 is 19.0 Å². The van der Waals surface area contributed by atoms with E-state index in [0.717, 1.165) is 11.3 Å². The van der Waals surface area contributed by atoms with Crippen molar-refractivity contribution in [3.63, 3.8) is 0 Å². The fraction of sp³-hybridized carbons (Fsp3) is 0.200. The van der Waals surface area contributed by atoms with Gasteiger partial charge in [0.05, 0.1) is 13.1 Å². The number of furan rings is 1. The lowest BCUT2D eigenvalue weighted by Crippen LogP contribution is -2.27. The van der Waals surface area contributed by atoms with Gasteiger partial charge in [-0.3, -0.25) is 9.59 Å². The predicted octanol–water partition coefficient (Wildman–Crippen LogP) is 2.61. The summed E-state index contributed by atoms with van der Waals surface area (Å²) in [6, 6.07) is 15.9. The van der Waals surface area contributed by atoms with Gasteiger partial charge in [0.15, 0.2) is 5.76 Å². The lowest BCUT2D eigenvalue weighted by Gasteiger charge is -2.07. The van der Waals surface area contributed by atoms with Crippen LogP contribution in [0, 0.1) is 6.92 Å². The lowest BCUT2D eigenvalue weighted by atomic mass is 10.2. The highest BCUT2D eigenvalue weighted by atomic mass is 16.5. The van der Waals surface area contributed by atoms with Crippen LogP contribution in [-0.4, -0.2) is 23.6 Å². The van der Waals surface area contributed by atoms with Gasteiger partial charge in [0.2, 0.25) is 0 Å². The summed E-state index contributed by atoms with van der Waals surface area (Å²) in [7, 11) is 0. The van der Waals surface area contributed by atoms with Crippen LogP contribution in [0.4, 0.5) is 0 Å². The van der Waals surface area contributed by atoms with Gasteiger partial charge in [0.1, 0.15) is 18.1 Å². The smallest absolute Gasteiger partial charge is 0.287 e. The van der Waals surface area contributed by atoms with Gasteiger partial charge in [-0.25, -0.2) is 0 Å². The average Bonchev–Trinajstić information content (AvgIpc) is 3.09. The van der Waals surface area contributed by atoms with Crippen molar-refractivity contribution >= 4 is 5.91 Å². The molecule has 1 aromatic carbocycles. The van der Waals surface area contributed by atoms with E-state index >= 15 is 0 Å². The summed E-state index contributed by atoms with van der Waals surface area (Å²) in [6.45, 7) is 3.00. The first kappa shape index (κ1) is 17.5. The van der Waals surface area contributed by atoms with E-state index in [9.17, 15) is 9.59 Å². The summed E-state index contributed by atoms with van der Waals surface area (Å²) in [5.74, 6) is 1.20. The molecule has 0 aliphatic carbocycles. The van der Waals surface area contributed by atoms with Crippen molar-refractivity contribution in [3.05, 3.63) is 88.2 Å². The van der Waals surface area contributed by atoms with E-state index in [2.05, 4.69) is 5.32 Å². The number of nitrogens with one attached hydrogen (secondary N) is 1. The zero-order chi connectivity index (χ0) is 18.4. The third-order valence-corrected chi connectivity index (χ3v) is 3.76. The highest BCUT2D eigenvalue weighted by Gasteiger charge is 2.11. The van der Waals surface area contributed by atoms with Gasteiger partial charge >= 0.3 is 0 Å². The maximum atomic E-state index is 12.1. The van der Waals surface area contributed by atoms with E-state index < -0.39 is 0 Å². The molecule has 26 heavy (non-hydrogen) atoms. The molecule has 2 aromatic heterocycles. The quantitative estimate of drug-likeness (QED) is 0.664. The number of benzene rings is 1. The predicted molar refractivity (Wildman–Crippen MR) is 97.5 cm³/mol. The summed E-state index contributed by atoms with van der Waals surface area (Å²) >= 11 is 0. The molecule has 1 amide bonds. The maximum Gasteiger partial charge on any atom is 0.287 e. The molecule has 0 fully saturated rings. The number of nitrogens with zero attached hydrogens (tertiary/aromatic N) is 1. The Kier molecular flexibility index (Phi) is 5.53. The summed E-state index contributed by atoms with van der Waals surface area (Å²) in [6.07, 6.45) is 1.67. The first-order valence-electron chi connectivity index (χ1n) is 8.34. The van der Waals surface area contributed by atoms with Crippen LogP contribution in [0.2, 0.25) is 0 Å². The third-order valence-electron chi connectivity index (χ3n) is 3.76. The molecule has 0 unspecified atom stereocenters. The number of hydrogen-bond donors (Lipinski definition) is 1. The minimum atomic E-state index is -0.315. The minimum absolute atomic E-state index is 0.122. The Balaban J connectivity index is 1.49. The number of rotatable bonds is 7. The molecule has 0 saturated heterocycles. The molecule has 0 saturated carbocycles. The molecule has 3 rings (SSSR count). The van der Waals surface area contributed by atoms with Crippen LogP contribution < -0.4 is 15.6 Å². The van der Waals surface area contributed by atoms with E-state index in [1.807, 2.05) is 31.2 Å². The normalized spacial score (nSPS) is 10.5. The Bertz CT molecular complexity index is 942. The second-order valence-electron chi connectivity index (χ2n) is 5.85. The van der Waals surface area contributed by atoms with Gasteiger partial charge in [-0.15, -0.1) is 0 Å². The molecule has 6 nitrogen and oxygen atoms in total. The maximum absolute atomic E-state index is 12.1. The molecule has 0 aliphatic heterocycles. The summed E-state index contributed by atoms with van der Waals surface area (Å²) in [4.78, 5) is 23.8. The highest BCUT2D eigenvalue weighted by Crippen LogP contribution is 2.12. The molecule has 0 aliphatic rings. The average molecular weight is 352 g/mol. The SMILES string of the molecule is Cc1cccc(OCCNC(=O)c2ccc(Cn3ccccc3=O)o2)c1. The number of amides is 1. The van der Waals surface area contributed by atoms with E-state index in [-0.39, 0.29) is 23.8 Å². The molecule has 0 radical (unpaired) electrons. The highest BCUT2D eigenvalue weighted by molar-refractivity contribution is 5.91. The Morgan fingerprint density at radius 2 is 2.04 bits per heavy atom. The Labute approximate surface area is 151 Å². The Morgan fingerprint density at radius 1 is 1.15 bits per heavy atom. The second kappa shape index (κ2) is 8.20. The van der Waals surface area contributed by atoms with Crippen LogP contribution in [0.15, 0.2) is 70.0 Å².